The third-order valence-corrected chi connectivity index (χ3v) is 9.87. The lowest BCUT2D eigenvalue weighted by Crippen LogP contribution is -2.56. The predicted octanol–water partition coefficient (Wildman–Crippen LogP) is 3.59. The number of carbonyl (C=O) groups excluding carboxylic acids is 2. The van der Waals surface area contributed by atoms with Gasteiger partial charge in [0, 0.05) is 50.2 Å². The summed E-state index contributed by atoms with van der Waals surface area (Å²) in [6, 6.07) is 10.5. The Morgan fingerprint density at radius 1 is 1.00 bits per heavy atom. The molecule has 11 heteroatoms. The number of imidazole rings is 1. The fourth-order valence-electron chi connectivity index (χ4n) is 7.13. The van der Waals surface area contributed by atoms with Crippen LogP contribution in [0.4, 0.5) is 10.5 Å². The number of likely N-dealkylation sites (tertiary alicyclic amines) is 3. The van der Waals surface area contributed by atoms with Crippen LogP contribution in [0.5, 0.6) is 0 Å². The van der Waals surface area contributed by atoms with Gasteiger partial charge in [-0.15, -0.1) is 6.42 Å². The molecule has 0 spiro atoms. The second kappa shape index (κ2) is 13.0. The minimum atomic E-state index is -0.787. The minimum absolute atomic E-state index is 0.0175. The molecule has 3 aromatic rings. The predicted molar refractivity (Wildman–Crippen MR) is 173 cm³/mol. The summed E-state index contributed by atoms with van der Waals surface area (Å²) >= 11 is 6.38. The number of nitrogens with zero attached hydrogens (tertiary/aromatic N) is 4. The molecular formula is C33H40ClN7O3. The minimum Gasteiger partial charge on any atom is -0.397 e. The van der Waals surface area contributed by atoms with Crippen LogP contribution in [0.2, 0.25) is 5.02 Å². The molecule has 6 rings (SSSR count). The smallest absolute Gasteiger partial charge is 0.326 e. The molecule has 0 unspecified atom stereocenters. The highest BCUT2D eigenvalue weighted by Gasteiger charge is 2.34. The van der Waals surface area contributed by atoms with Gasteiger partial charge in [-0.1, -0.05) is 29.7 Å². The van der Waals surface area contributed by atoms with E-state index in [0.717, 1.165) is 42.5 Å². The molecule has 1 atom stereocenters. The number of amides is 3. The first-order chi connectivity index (χ1) is 21.3. The van der Waals surface area contributed by atoms with E-state index in [2.05, 4.69) is 21.1 Å². The average Bonchev–Trinajstić information content (AvgIpc) is 3.70. The largest absolute Gasteiger partial charge is 0.397 e. The molecule has 3 fully saturated rings. The van der Waals surface area contributed by atoms with E-state index in [1.165, 1.54) is 12.8 Å². The number of rotatable bonds is 6. The van der Waals surface area contributed by atoms with Gasteiger partial charge in [0.05, 0.1) is 21.7 Å². The Morgan fingerprint density at radius 2 is 1.66 bits per heavy atom. The zero-order valence-corrected chi connectivity index (χ0v) is 25.7. The van der Waals surface area contributed by atoms with Gasteiger partial charge >= 0.3 is 11.7 Å². The SMILES string of the molecule is C#Cc1cc(C[C@@H](NC(=O)N2CCC(n3c(=O)[nH]c4ccccc43)CC2)C(=O)N2CCC(N3CCCC3)CC2)cc(Cl)c1N. The molecule has 2 aromatic carbocycles. The Morgan fingerprint density at radius 3 is 2.36 bits per heavy atom. The van der Waals surface area contributed by atoms with Gasteiger partial charge < -0.3 is 30.7 Å². The van der Waals surface area contributed by atoms with E-state index in [9.17, 15) is 14.4 Å². The highest BCUT2D eigenvalue weighted by Crippen LogP contribution is 2.28. The quantitative estimate of drug-likeness (QED) is 0.289. The fourth-order valence-corrected chi connectivity index (χ4v) is 7.37. The number of aromatic amines is 1. The number of urea groups is 1. The first-order valence-electron chi connectivity index (χ1n) is 15.6. The monoisotopic (exact) mass is 617 g/mol. The van der Waals surface area contributed by atoms with Crippen molar-refractivity contribution in [2.75, 3.05) is 45.0 Å². The number of terminal acetylenes is 1. The summed E-state index contributed by atoms with van der Waals surface area (Å²) in [5.41, 5.74) is 9.11. The number of nitrogens with two attached hydrogens (primary N) is 1. The van der Waals surface area contributed by atoms with E-state index < -0.39 is 6.04 Å². The lowest BCUT2D eigenvalue weighted by Gasteiger charge is -2.38. The molecule has 232 valence electrons. The van der Waals surface area contributed by atoms with Crippen LogP contribution in [0, 0.1) is 12.3 Å². The summed E-state index contributed by atoms with van der Waals surface area (Å²) in [6.07, 6.45) is 11.5. The maximum Gasteiger partial charge on any atom is 0.326 e. The summed E-state index contributed by atoms with van der Waals surface area (Å²) in [4.78, 5) is 49.4. The van der Waals surface area contributed by atoms with Gasteiger partial charge in [0.25, 0.3) is 0 Å². The van der Waals surface area contributed by atoms with Crippen LogP contribution in [-0.2, 0) is 11.2 Å². The Kier molecular flexibility index (Phi) is 8.87. The molecule has 3 aliphatic heterocycles. The van der Waals surface area contributed by atoms with E-state index in [1.807, 2.05) is 29.2 Å². The van der Waals surface area contributed by atoms with Crippen LogP contribution in [-0.4, -0.2) is 87.5 Å². The number of carbonyl (C=O) groups is 2. The number of halogens is 1. The topological polar surface area (TPSA) is 120 Å². The normalized spacial score (nSPS) is 19.3. The Bertz CT molecular complexity index is 1620. The first-order valence-corrected chi connectivity index (χ1v) is 16.0. The molecule has 44 heavy (non-hydrogen) atoms. The van der Waals surface area contributed by atoms with Crippen LogP contribution in [0.25, 0.3) is 11.0 Å². The number of hydrogen-bond donors (Lipinski definition) is 3. The summed E-state index contributed by atoms with van der Waals surface area (Å²) in [5.74, 6) is 2.46. The number of hydrogen-bond acceptors (Lipinski definition) is 5. The number of nitrogens with one attached hydrogen (secondary N) is 2. The number of H-pyrrole nitrogens is 1. The molecule has 10 nitrogen and oxygen atoms in total. The van der Waals surface area contributed by atoms with E-state index in [0.29, 0.717) is 61.3 Å². The van der Waals surface area contributed by atoms with Crippen LogP contribution >= 0.6 is 11.6 Å². The van der Waals surface area contributed by atoms with Crippen molar-refractivity contribution < 1.29 is 9.59 Å². The summed E-state index contributed by atoms with van der Waals surface area (Å²) in [5, 5.41) is 3.37. The Labute approximate surface area is 262 Å². The zero-order chi connectivity index (χ0) is 30.8. The number of nitrogen functional groups attached to an aromatic ring is 1. The molecule has 0 radical (unpaired) electrons. The van der Waals surface area contributed by atoms with Crippen molar-refractivity contribution in [3.8, 4) is 12.3 Å². The highest BCUT2D eigenvalue weighted by atomic mass is 35.5. The molecule has 3 amide bonds. The van der Waals surface area contributed by atoms with Crippen molar-refractivity contribution >= 4 is 40.3 Å². The van der Waals surface area contributed by atoms with Gasteiger partial charge in [0.2, 0.25) is 5.91 Å². The molecule has 0 bridgehead atoms. The van der Waals surface area contributed by atoms with Crippen LogP contribution in [0.3, 0.4) is 0 Å². The zero-order valence-electron chi connectivity index (χ0n) is 24.9. The fraction of sp³-hybridized carbons (Fsp3) is 0.485. The number of benzene rings is 2. The van der Waals surface area contributed by atoms with Gasteiger partial charge in [0.15, 0.2) is 0 Å². The van der Waals surface area contributed by atoms with E-state index in [1.54, 1.807) is 21.6 Å². The first kappa shape index (κ1) is 30.1. The van der Waals surface area contributed by atoms with Crippen molar-refractivity contribution in [3.05, 3.63) is 63.0 Å². The second-order valence-electron chi connectivity index (χ2n) is 12.2. The summed E-state index contributed by atoms with van der Waals surface area (Å²) < 4.78 is 1.80. The van der Waals surface area contributed by atoms with Crippen LogP contribution in [0.1, 0.15) is 55.7 Å². The van der Waals surface area contributed by atoms with Crippen molar-refractivity contribution in [1.29, 1.82) is 0 Å². The molecule has 0 aliphatic carbocycles. The van der Waals surface area contributed by atoms with Gasteiger partial charge in [-0.25, -0.2) is 9.59 Å². The summed E-state index contributed by atoms with van der Waals surface area (Å²) in [6.45, 7) is 4.54. The van der Waals surface area contributed by atoms with Crippen molar-refractivity contribution in [1.82, 2.24) is 29.6 Å². The summed E-state index contributed by atoms with van der Waals surface area (Å²) in [7, 11) is 0. The number of piperidine rings is 2. The number of anilines is 1. The van der Waals surface area contributed by atoms with Gasteiger partial charge in [-0.3, -0.25) is 9.36 Å². The third-order valence-electron chi connectivity index (χ3n) is 9.55. The molecule has 4 heterocycles. The Balaban J connectivity index is 1.15. The van der Waals surface area contributed by atoms with E-state index >= 15 is 0 Å². The number of fused-ring (bicyclic) bond motifs is 1. The van der Waals surface area contributed by atoms with Gasteiger partial charge in [0.1, 0.15) is 6.04 Å². The second-order valence-corrected chi connectivity index (χ2v) is 12.6. The maximum absolute atomic E-state index is 14.0. The molecule has 4 N–H and O–H groups in total. The van der Waals surface area contributed by atoms with Crippen molar-refractivity contribution in [2.45, 2.75) is 63.1 Å². The van der Waals surface area contributed by atoms with Crippen LogP contribution in [0.15, 0.2) is 41.2 Å². The standard InChI is InChI=1S/C33H40ClN7O3/c1-2-23-19-22(20-26(34)30(23)35)21-28(31(42)39-15-9-24(10-16-39)38-13-5-6-14-38)37-32(43)40-17-11-25(12-18-40)41-29-8-4-3-7-27(29)36-33(41)44/h1,3-4,7-8,19-20,24-25,28H,5-6,9-18,21,35H2,(H,36,44)(H,37,43)/t28-/m1/s1. The molecule has 3 saturated heterocycles. The van der Waals surface area contributed by atoms with Crippen molar-refractivity contribution in [2.24, 2.45) is 0 Å². The molecule has 0 saturated carbocycles. The number of aromatic nitrogens is 2. The molecule has 3 aliphatic rings. The van der Waals surface area contributed by atoms with E-state index in [-0.39, 0.29) is 30.1 Å². The lowest BCUT2D eigenvalue weighted by molar-refractivity contribution is -0.134. The number of para-hydroxylation sites is 2. The van der Waals surface area contributed by atoms with Crippen LogP contribution < -0.4 is 16.7 Å². The Hall–Kier alpha value is -3.94. The van der Waals surface area contributed by atoms with Gasteiger partial charge in [-0.05, 0) is 81.4 Å². The highest BCUT2D eigenvalue weighted by molar-refractivity contribution is 6.33. The lowest BCUT2D eigenvalue weighted by atomic mass is 9.99. The molecular weight excluding hydrogens is 578 g/mol. The maximum atomic E-state index is 14.0. The van der Waals surface area contributed by atoms with Gasteiger partial charge in [-0.2, -0.15) is 0 Å². The van der Waals surface area contributed by atoms with E-state index in [4.69, 9.17) is 23.8 Å². The molecule has 1 aromatic heterocycles. The van der Waals surface area contributed by atoms with Crippen molar-refractivity contribution in [3.63, 3.8) is 0 Å². The average molecular weight is 618 g/mol. The third kappa shape index (κ3) is 6.17.